The van der Waals surface area contributed by atoms with Crippen LogP contribution in [-0.4, -0.2) is 53.3 Å². The number of rotatable bonds is 8. The average molecular weight is 527 g/mol. The molecule has 2 aromatic heterocycles. The quantitative estimate of drug-likeness (QED) is 0.299. The summed E-state index contributed by atoms with van der Waals surface area (Å²) < 4.78 is 21.6. The highest BCUT2D eigenvalue weighted by atomic mass is 32.2. The molecule has 0 saturated carbocycles. The molecule has 2 atom stereocenters. The van der Waals surface area contributed by atoms with Crippen LogP contribution in [0.5, 0.6) is 0 Å². The van der Waals surface area contributed by atoms with Gasteiger partial charge in [-0.2, -0.15) is 0 Å². The minimum Gasteiger partial charge on any atom is -0.381 e. The van der Waals surface area contributed by atoms with E-state index >= 15 is 0 Å². The van der Waals surface area contributed by atoms with Gasteiger partial charge in [0.2, 0.25) is 5.91 Å². The van der Waals surface area contributed by atoms with Crippen LogP contribution in [0.4, 0.5) is 4.39 Å². The number of amides is 1. The number of pyridine rings is 2. The van der Waals surface area contributed by atoms with E-state index in [0.29, 0.717) is 47.5 Å². The second-order valence-corrected chi connectivity index (χ2v) is 10.2. The van der Waals surface area contributed by atoms with Gasteiger partial charge in [0.25, 0.3) is 5.56 Å². The van der Waals surface area contributed by atoms with Crippen LogP contribution in [0.15, 0.2) is 21.8 Å². The first-order valence-corrected chi connectivity index (χ1v) is 12.9. The highest BCUT2D eigenvalue weighted by Crippen LogP contribution is 2.47. The Kier molecular flexibility index (Phi) is 6.88. The van der Waals surface area contributed by atoms with Crippen LogP contribution in [0.3, 0.4) is 0 Å². The molecule has 37 heavy (non-hydrogen) atoms. The molecular weight excluding hydrogens is 499 g/mol. The molecule has 5 rings (SSSR count). The molecule has 1 amide bonds. The first-order valence-electron chi connectivity index (χ1n) is 11.9. The molecule has 4 heterocycles. The van der Waals surface area contributed by atoms with E-state index < -0.39 is 11.7 Å². The van der Waals surface area contributed by atoms with Gasteiger partial charge in [-0.3, -0.25) is 9.59 Å². The van der Waals surface area contributed by atoms with Gasteiger partial charge in [-0.25, -0.2) is 9.37 Å². The first-order chi connectivity index (χ1) is 17.8. The minimum absolute atomic E-state index is 0.0761. The van der Waals surface area contributed by atoms with Crippen molar-refractivity contribution in [3.63, 3.8) is 0 Å². The highest BCUT2D eigenvalue weighted by molar-refractivity contribution is 7.99. The molecule has 1 aromatic carbocycles. The molecule has 0 fully saturated rings. The molecule has 3 aromatic rings. The summed E-state index contributed by atoms with van der Waals surface area (Å²) in [6, 6.07) is 2.59. The lowest BCUT2D eigenvalue weighted by molar-refractivity contribution is -0.121. The Labute approximate surface area is 216 Å². The van der Waals surface area contributed by atoms with Crippen LogP contribution in [0, 0.1) is 12.7 Å². The normalized spacial score (nSPS) is 16.4. The topological polar surface area (TPSA) is 123 Å². The number of aliphatic hydroxyl groups excluding tert-OH is 1. The maximum atomic E-state index is 14.9. The van der Waals surface area contributed by atoms with E-state index in [4.69, 9.17) is 9.72 Å². The van der Waals surface area contributed by atoms with Crippen molar-refractivity contribution < 1.29 is 23.8 Å². The SMILES string of the molecule is CNCCC(=O)NC1CSc2c(C)c(F)cc3nc4c(c1c23)Cn1c-4cc(C(O)C=O)c(COC)c1=O. The predicted octanol–water partition coefficient (Wildman–Crippen LogP) is 2.12. The predicted molar refractivity (Wildman–Crippen MR) is 137 cm³/mol. The first kappa shape index (κ1) is 25.5. The molecule has 0 radical (unpaired) electrons. The number of benzene rings is 1. The number of nitrogens with one attached hydrogen (secondary N) is 2. The van der Waals surface area contributed by atoms with Crippen LogP contribution in [0.2, 0.25) is 0 Å². The van der Waals surface area contributed by atoms with Crippen molar-refractivity contribution >= 4 is 34.9 Å². The van der Waals surface area contributed by atoms with E-state index in [1.807, 2.05) is 0 Å². The van der Waals surface area contributed by atoms with Gasteiger partial charge in [-0.05, 0) is 31.2 Å². The van der Waals surface area contributed by atoms with E-state index in [0.717, 1.165) is 21.4 Å². The third kappa shape index (κ3) is 4.15. The van der Waals surface area contributed by atoms with Crippen molar-refractivity contribution in [1.82, 2.24) is 20.2 Å². The second-order valence-electron chi connectivity index (χ2n) is 9.21. The monoisotopic (exact) mass is 526 g/mol. The Bertz CT molecular complexity index is 1510. The van der Waals surface area contributed by atoms with Crippen molar-refractivity contribution in [3.8, 4) is 11.4 Å². The van der Waals surface area contributed by atoms with Crippen molar-refractivity contribution in [3.05, 3.63) is 56.1 Å². The van der Waals surface area contributed by atoms with Gasteiger partial charge in [-0.15, -0.1) is 11.8 Å². The van der Waals surface area contributed by atoms with E-state index in [2.05, 4.69) is 10.6 Å². The Morgan fingerprint density at radius 1 is 1.43 bits per heavy atom. The van der Waals surface area contributed by atoms with Crippen LogP contribution < -0.4 is 16.2 Å². The number of thioether (sulfide) groups is 1. The van der Waals surface area contributed by atoms with Crippen molar-refractivity contribution in [1.29, 1.82) is 0 Å². The largest absolute Gasteiger partial charge is 0.381 e. The number of carbonyl (C=O) groups excluding carboxylic acids is 2. The minimum atomic E-state index is -1.51. The number of nitrogens with zero attached hydrogens (tertiary/aromatic N) is 2. The number of hydrogen-bond donors (Lipinski definition) is 3. The zero-order valence-electron chi connectivity index (χ0n) is 20.7. The number of hydrogen-bond acceptors (Lipinski definition) is 8. The lowest BCUT2D eigenvalue weighted by Crippen LogP contribution is -2.34. The van der Waals surface area contributed by atoms with Gasteiger partial charge < -0.3 is 29.8 Å². The van der Waals surface area contributed by atoms with Gasteiger partial charge in [-0.1, -0.05) is 0 Å². The van der Waals surface area contributed by atoms with Gasteiger partial charge in [0.15, 0.2) is 6.29 Å². The maximum absolute atomic E-state index is 14.9. The Morgan fingerprint density at radius 2 is 2.22 bits per heavy atom. The Balaban J connectivity index is 1.76. The molecule has 3 N–H and O–H groups in total. The number of halogens is 1. The Hall–Kier alpha value is -3.12. The number of ether oxygens (including phenoxy) is 1. The molecule has 0 bridgehead atoms. The summed E-state index contributed by atoms with van der Waals surface area (Å²) in [6.45, 7) is 2.37. The number of aliphatic hydroxyl groups is 1. The number of aromatic nitrogens is 2. The fourth-order valence-electron chi connectivity index (χ4n) is 5.18. The summed E-state index contributed by atoms with van der Waals surface area (Å²) in [5.74, 6) is 0.00357. The lowest BCUT2D eigenvalue weighted by atomic mass is 9.93. The van der Waals surface area contributed by atoms with Crippen LogP contribution in [-0.2, 0) is 27.5 Å². The molecule has 194 valence electrons. The molecule has 2 aliphatic rings. The highest BCUT2D eigenvalue weighted by Gasteiger charge is 2.35. The van der Waals surface area contributed by atoms with E-state index in [9.17, 15) is 23.9 Å². The zero-order valence-corrected chi connectivity index (χ0v) is 21.5. The fourth-order valence-corrected chi connectivity index (χ4v) is 6.44. The van der Waals surface area contributed by atoms with Gasteiger partial charge in [0.05, 0.1) is 36.1 Å². The van der Waals surface area contributed by atoms with Crippen molar-refractivity contribution in [2.75, 3.05) is 26.5 Å². The van der Waals surface area contributed by atoms with Crippen LogP contribution in [0.25, 0.3) is 22.3 Å². The zero-order chi connectivity index (χ0) is 26.4. The number of aldehydes is 1. The van der Waals surface area contributed by atoms with Gasteiger partial charge in [0, 0.05) is 58.9 Å². The lowest BCUT2D eigenvalue weighted by Gasteiger charge is -2.29. The molecular formula is C26H27FN4O5S. The van der Waals surface area contributed by atoms with Crippen molar-refractivity contribution in [2.45, 2.75) is 43.5 Å². The third-order valence-corrected chi connectivity index (χ3v) is 8.27. The molecule has 2 unspecified atom stereocenters. The smallest absolute Gasteiger partial charge is 0.257 e. The summed E-state index contributed by atoms with van der Waals surface area (Å²) in [5, 5.41) is 17.2. The molecule has 2 aliphatic heterocycles. The van der Waals surface area contributed by atoms with Crippen LogP contribution in [0.1, 0.15) is 46.4 Å². The molecule has 0 spiro atoms. The van der Waals surface area contributed by atoms with E-state index in [1.54, 1.807) is 20.0 Å². The van der Waals surface area contributed by atoms with Crippen molar-refractivity contribution in [2.24, 2.45) is 0 Å². The number of carbonyl (C=O) groups is 2. The van der Waals surface area contributed by atoms with Gasteiger partial charge >= 0.3 is 0 Å². The summed E-state index contributed by atoms with van der Waals surface area (Å²) in [4.78, 5) is 43.2. The number of methoxy groups -OCH3 is 1. The summed E-state index contributed by atoms with van der Waals surface area (Å²) in [6.07, 6.45) is -0.846. The standard InChI is InChI=1S/C26H27FN4O5S/c1-12-16(27)7-17-23-22(18(11-37-25(12)23)29-21(34)4-5-28-2)14-8-31-19(24(14)30-17)6-13(20(33)9-32)15(10-36-3)26(31)35/h6-7,9,18,20,28,33H,4-5,8,10-11H2,1-3H3,(H,29,34). The molecule has 0 aliphatic carbocycles. The summed E-state index contributed by atoms with van der Waals surface area (Å²) in [5.41, 5.74) is 3.37. The third-order valence-electron chi connectivity index (χ3n) is 6.97. The maximum Gasteiger partial charge on any atom is 0.257 e. The number of fused-ring (bicyclic) bond motifs is 4. The second kappa shape index (κ2) is 9.97. The molecule has 9 nitrogen and oxygen atoms in total. The van der Waals surface area contributed by atoms with Gasteiger partial charge in [0.1, 0.15) is 11.9 Å². The molecule has 0 saturated heterocycles. The summed E-state index contributed by atoms with van der Waals surface area (Å²) >= 11 is 1.48. The fraction of sp³-hybridized carbons (Fsp3) is 0.385. The summed E-state index contributed by atoms with van der Waals surface area (Å²) in [7, 11) is 3.21. The van der Waals surface area contributed by atoms with Crippen LogP contribution >= 0.6 is 11.8 Å². The van der Waals surface area contributed by atoms with E-state index in [-0.39, 0.29) is 42.0 Å². The average Bonchev–Trinajstić information content (AvgIpc) is 3.26. The van der Waals surface area contributed by atoms with E-state index in [1.165, 1.54) is 29.5 Å². The molecule has 11 heteroatoms. The Morgan fingerprint density at radius 3 is 2.92 bits per heavy atom.